The molecular weight excluding hydrogens is 556 g/mol. The van der Waals surface area contributed by atoms with Gasteiger partial charge in [0.1, 0.15) is 0 Å². The standard InChI is InChI=1S/C40H52N2O3/c1-27-9-8-20-39(2)35(18-21-40(39,45)26-42-22-19-33-32-12-6-7-13-36(32)41-37(33)25-42)31-17-15-28(23-30(43)16-14-27)24-34(31)38(44)29-10-4-3-5-11-29/h6-7,9,12-13,15,17,24,29-30,35,41,43,45H,3-5,8,10-11,14,16,18-23,25-26H2,1-2H3. The van der Waals surface area contributed by atoms with Crippen molar-refractivity contribution < 1.29 is 15.0 Å². The average molecular weight is 609 g/mol. The number of aromatic nitrogens is 1. The molecule has 4 unspecified atom stereocenters. The van der Waals surface area contributed by atoms with Gasteiger partial charge in [0.15, 0.2) is 5.78 Å². The molecule has 2 saturated carbocycles. The number of nitrogens with one attached hydrogen (secondary N) is 1. The van der Waals surface area contributed by atoms with Crippen LogP contribution in [0.1, 0.15) is 123 Å². The fourth-order valence-electron chi connectivity index (χ4n) is 9.55. The highest BCUT2D eigenvalue weighted by Gasteiger charge is 2.57. The third-order valence-electron chi connectivity index (χ3n) is 12.4. The van der Waals surface area contributed by atoms with Crippen molar-refractivity contribution in [2.24, 2.45) is 11.3 Å². The molecule has 0 amide bonds. The molecule has 5 aliphatic rings. The summed E-state index contributed by atoms with van der Waals surface area (Å²) in [5.41, 5.74) is 7.06. The number of benzene rings is 2. The van der Waals surface area contributed by atoms with E-state index in [0.717, 1.165) is 100 Å². The van der Waals surface area contributed by atoms with E-state index in [4.69, 9.17) is 0 Å². The Balaban J connectivity index is 1.24. The molecular formula is C40H52N2O3. The fraction of sp³-hybridized carbons (Fsp3) is 0.575. The van der Waals surface area contributed by atoms with E-state index in [-0.39, 0.29) is 17.3 Å². The maximum Gasteiger partial charge on any atom is 0.166 e. The second-order valence-electron chi connectivity index (χ2n) is 15.2. The molecule has 3 aromatic rings. The lowest BCUT2D eigenvalue weighted by atomic mass is 9.64. The van der Waals surface area contributed by atoms with Crippen LogP contribution in [0, 0.1) is 11.3 Å². The van der Waals surface area contributed by atoms with Crippen LogP contribution < -0.4 is 0 Å². The van der Waals surface area contributed by atoms with Crippen molar-refractivity contribution >= 4 is 16.7 Å². The van der Waals surface area contributed by atoms with Gasteiger partial charge in [-0.15, -0.1) is 0 Å². The second-order valence-corrected chi connectivity index (χ2v) is 15.2. The Bertz CT molecular complexity index is 1580. The number of nitrogens with zero attached hydrogens (tertiary/aromatic N) is 1. The number of carbonyl (C=O) groups is 1. The Morgan fingerprint density at radius 3 is 2.69 bits per heavy atom. The number of aliphatic hydroxyl groups is 2. The fourth-order valence-corrected chi connectivity index (χ4v) is 9.55. The van der Waals surface area contributed by atoms with Crippen LogP contribution in [0.15, 0.2) is 54.1 Å². The minimum absolute atomic E-state index is 0.0903. The molecule has 2 aromatic carbocycles. The zero-order chi connectivity index (χ0) is 31.2. The summed E-state index contributed by atoms with van der Waals surface area (Å²) in [4.78, 5) is 20.4. The van der Waals surface area contributed by atoms with E-state index in [1.54, 1.807) is 0 Å². The highest BCUT2D eigenvalue weighted by atomic mass is 16.3. The van der Waals surface area contributed by atoms with Gasteiger partial charge < -0.3 is 15.2 Å². The van der Waals surface area contributed by atoms with Gasteiger partial charge in [0.25, 0.3) is 0 Å². The van der Waals surface area contributed by atoms with Crippen LogP contribution in [0.5, 0.6) is 0 Å². The van der Waals surface area contributed by atoms with Crippen molar-refractivity contribution in [3.63, 3.8) is 0 Å². The average Bonchev–Trinajstić information content (AvgIpc) is 3.53. The van der Waals surface area contributed by atoms with E-state index in [0.29, 0.717) is 18.7 Å². The van der Waals surface area contributed by atoms with Gasteiger partial charge in [0, 0.05) is 53.1 Å². The van der Waals surface area contributed by atoms with Crippen molar-refractivity contribution in [1.29, 1.82) is 0 Å². The molecule has 4 aliphatic carbocycles. The van der Waals surface area contributed by atoms with Crippen molar-refractivity contribution in [3.05, 3.63) is 82.1 Å². The van der Waals surface area contributed by atoms with E-state index in [1.807, 2.05) is 0 Å². The summed E-state index contributed by atoms with van der Waals surface area (Å²) >= 11 is 0. The minimum atomic E-state index is -0.861. The Hall–Kier alpha value is -2.73. The minimum Gasteiger partial charge on any atom is -0.393 e. The number of rotatable bonds is 4. The second kappa shape index (κ2) is 12.5. The number of β-amino-alcohol motifs (C(OH)–C–C–N with tert-alkyl or cyclic N) is 1. The molecule has 0 saturated heterocycles. The molecule has 5 nitrogen and oxygen atoms in total. The Morgan fingerprint density at radius 1 is 1.02 bits per heavy atom. The summed E-state index contributed by atoms with van der Waals surface area (Å²) in [6.07, 6.45) is 13.9. The number of aliphatic hydroxyl groups excluding tert-OH is 1. The summed E-state index contributed by atoms with van der Waals surface area (Å²) < 4.78 is 0. The molecule has 3 N–H and O–H groups in total. The van der Waals surface area contributed by atoms with Crippen molar-refractivity contribution in [2.75, 3.05) is 13.1 Å². The zero-order valence-corrected chi connectivity index (χ0v) is 27.4. The lowest BCUT2D eigenvalue weighted by Crippen LogP contribution is -2.53. The smallest absolute Gasteiger partial charge is 0.166 e. The molecule has 240 valence electrons. The van der Waals surface area contributed by atoms with Gasteiger partial charge in [0.05, 0.1) is 11.7 Å². The van der Waals surface area contributed by atoms with Gasteiger partial charge in [-0.3, -0.25) is 9.69 Å². The number of ketones is 1. The SMILES string of the molecule is CC1=CCCC2(C)C(CCC2(O)CN2CCc3c([nH]c4ccccc34)C2)c2ccc(cc2C(=O)C2CCCCC2)CC(O)CC1. The Labute approximate surface area is 269 Å². The zero-order valence-electron chi connectivity index (χ0n) is 27.4. The molecule has 2 heterocycles. The number of hydrogen-bond acceptors (Lipinski definition) is 4. The van der Waals surface area contributed by atoms with Gasteiger partial charge in [-0.05, 0) is 106 Å². The first kappa shape index (κ1) is 30.9. The number of aromatic amines is 1. The van der Waals surface area contributed by atoms with Gasteiger partial charge in [0.2, 0.25) is 0 Å². The molecule has 0 radical (unpaired) electrons. The van der Waals surface area contributed by atoms with E-state index >= 15 is 0 Å². The number of Topliss-reactive ketones (excluding diaryl/α,β-unsaturated/α-hetero) is 1. The van der Waals surface area contributed by atoms with Gasteiger partial charge in [-0.2, -0.15) is 0 Å². The third-order valence-corrected chi connectivity index (χ3v) is 12.4. The van der Waals surface area contributed by atoms with Crippen LogP contribution in [0.2, 0.25) is 0 Å². The molecule has 1 aromatic heterocycles. The summed E-state index contributed by atoms with van der Waals surface area (Å²) in [5.74, 6) is 0.491. The first-order valence-electron chi connectivity index (χ1n) is 17.8. The van der Waals surface area contributed by atoms with Crippen LogP contribution in [0.3, 0.4) is 0 Å². The van der Waals surface area contributed by atoms with Crippen LogP contribution >= 0.6 is 0 Å². The third kappa shape index (κ3) is 5.85. The number of H-pyrrole nitrogens is 1. The monoisotopic (exact) mass is 608 g/mol. The van der Waals surface area contributed by atoms with E-state index in [9.17, 15) is 15.0 Å². The lowest BCUT2D eigenvalue weighted by molar-refractivity contribution is -0.0857. The van der Waals surface area contributed by atoms with Gasteiger partial charge in [-0.1, -0.05) is 68.2 Å². The summed E-state index contributed by atoms with van der Waals surface area (Å²) in [5, 5.41) is 25.1. The molecule has 8 rings (SSSR count). The van der Waals surface area contributed by atoms with Crippen molar-refractivity contribution in [3.8, 4) is 0 Å². The number of hydrogen-bond donors (Lipinski definition) is 3. The molecule has 1 aliphatic heterocycles. The van der Waals surface area contributed by atoms with E-state index < -0.39 is 11.7 Å². The van der Waals surface area contributed by atoms with E-state index in [2.05, 4.69) is 72.3 Å². The van der Waals surface area contributed by atoms with Crippen LogP contribution in [-0.4, -0.2) is 50.7 Å². The molecule has 2 bridgehead atoms. The summed E-state index contributed by atoms with van der Waals surface area (Å²) in [7, 11) is 0. The quantitative estimate of drug-likeness (QED) is 0.207. The first-order chi connectivity index (χ1) is 21.7. The lowest BCUT2D eigenvalue weighted by Gasteiger charge is -2.46. The number of allylic oxidation sites excluding steroid dienone is 2. The normalized spacial score (nSPS) is 30.1. The van der Waals surface area contributed by atoms with Crippen LogP contribution in [0.25, 0.3) is 10.9 Å². The molecule has 4 atom stereocenters. The number of fused-ring (bicyclic) bond motifs is 11. The largest absolute Gasteiger partial charge is 0.393 e. The Morgan fingerprint density at radius 2 is 1.84 bits per heavy atom. The van der Waals surface area contributed by atoms with Crippen molar-refractivity contribution in [1.82, 2.24) is 9.88 Å². The predicted molar refractivity (Wildman–Crippen MR) is 182 cm³/mol. The molecule has 0 spiro atoms. The van der Waals surface area contributed by atoms with Crippen LogP contribution in [-0.2, 0) is 19.4 Å². The maximum atomic E-state index is 14.3. The predicted octanol–water partition coefficient (Wildman–Crippen LogP) is 8.03. The van der Waals surface area contributed by atoms with Gasteiger partial charge >= 0.3 is 0 Å². The van der Waals surface area contributed by atoms with E-state index in [1.165, 1.54) is 34.2 Å². The maximum absolute atomic E-state index is 14.3. The number of carbonyl (C=O) groups excluding carboxylic acids is 1. The Kier molecular flexibility index (Phi) is 8.56. The topological polar surface area (TPSA) is 76.6 Å². The first-order valence-corrected chi connectivity index (χ1v) is 17.8. The molecule has 45 heavy (non-hydrogen) atoms. The van der Waals surface area contributed by atoms with Crippen LogP contribution in [0.4, 0.5) is 0 Å². The number of para-hydroxylation sites is 1. The highest BCUT2D eigenvalue weighted by molar-refractivity contribution is 5.99. The molecule has 2 fully saturated rings. The van der Waals surface area contributed by atoms with Gasteiger partial charge in [-0.25, -0.2) is 0 Å². The summed E-state index contributed by atoms with van der Waals surface area (Å²) in [6.45, 7) is 6.92. The summed E-state index contributed by atoms with van der Waals surface area (Å²) in [6, 6.07) is 15.1. The highest BCUT2D eigenvalue weighted by Crippen LogP contribution is 2.59. The molecule has 5 heteroatoms. The van der Waals surface area contributed by atoms with Crippen molar-refractivity contribution in [2.45, 2.75) is 121 Å².